The van der Waals surface area contributed by atoms with Crippen molar-refractivity contribution in [1.29, 1.82) is 0 Å². The standard InChI is InChI=1S/C20H23FN4O2/c1-14-9-22-25(10-14)12-19(27)24-11-16(15-5-2-3-6-17(15)21)20(13-24)8-4-7-18(26)23-20/h2-3,5-6,9-10,16H,4,7-8,11-13H2,1H3,(H,23,26)/t16-,20+/m0/s1. The van der Waals surface area contributed by atoms with E-state index in [1.54, 1.807) is 34.0 Å². The summed E-state index contributed by atoms with van der Waals surface area (Å²) < 4.78 is 16.1. The van der Waals surface area contributed by atoms with E-state index in [0.717, 1.165) is 18.4 Å². The van der Waals surface area contributed by atoms with Gasteiger partial charge >= 0.3 is 0 Å². The Labute approximate surface area is 157 Å². The number of likely N-dealkylation sites (tertiary alicyclic amines) is 1. The minimum absolute atomic E-state index is 0.0282. The first kappa shape index (κ1) is 17.7. The van der Waals surface area contributed by atoms with Gasteiger partial charge in [0.1, 0.15) is 12.4 Å². The lowest BCUT2D eigenvalue weighted by molar-refractivity contribution is -0.132. The molecule has 3 heterocycles. The highest BCUT2D eigenvalue weighted by Crippen LogP contribution is 2.42. The molecule has 7 heteroatoms. The Morgan fingerprint density at radius 1 is 1.41 bits per heavy atom. The van der Waals surface area contributed by atoms with Crippen LogP contribution in [0.2, 0.25) is 0 Å². The zero-order valence-electron chi connectivity index (χ0n) is 15.3. The summed E-state index contributed by atoms with van der Waals surface area (Å²) in [6, 6.07) is 6.65. The number of nitrogens with zero attached hydrogens (tertiary/aromatic N) is 3. The van der Waals surface area contributed by atoms with Gasteiger partial charge in [0.2, 0.25) is 11.8 Å². The second-order valence-corrected chi connectivity index (χ2v) is 7.62. The maximum atomic E-state index is 14.5. The van der Waals surface area contributed by atoms with Crippen molar-refractivity contribution in [3.05, 3.63) is 53.6 Å². The number of nitrogens with one attached hydrogen (secondary N) is 1. The van der Waals surface area contributed by atoms with Crippen LogP contribution >= 0.6 is 0 Å². The van der Waals surface area contributed by atoms with Gasteiger partial charge in [0.15, 0.2) is 0 Å². The van der Waals surface area contributed by atoms with E-state index in [4.69, 9.17) is 0 Å². The van der Waals surface area contributed by atoms with Gasteiger partial charge in [-0.3, -0.25) is 14.3 Å². The molecule has 2 aliphatic rings. The lowest BCUT2D eigenvalue weighted by Gasteiger charge is -2.39. The Balaban J connectivity index is 1.62. The first-order valence-electron chi connectivity index (χ1n) is 9.29. The molecule has 2 amide bonds. The lowest BCUT2D eigenvalue weighted by Crippen LogP contribution is -2.56. The molecule has 2 aromatic rings. The van der Waals surface area contributed by atoms with Crippen molar-refractivity contribution in [2.75, 3.05) is 13.1 Å². The van der Waals surface area contributed by atoms with E-state index < -0.39 is 5.54 Å². The van der Waals surface area contributed by atoms with Crippen LogP contribution in [0.15, 0.2) is 36.7 Å². The molecular weight excluding hydrogens is 347 g/mol. The molecule has 0 saturated carbocycles. The average Bonchev–Trinajstić information content (AvgIpc) is 3.19. The Hall–Kier alpha value is -2.70. The third kappa shape index (κ3) is 3.34. The molecule has 2 aliphatic heterocycles. The Morgan fingerprint density at radius 2 is 2.22 bits per heavy atom. The second-order valence-electron chi connectivity index (χ2n) is 7.62. The normalized spacial score (nSPS) is 25.0. The number of aryl methyl sites for hydroxylation is 1. The third-order valence-corrected chi connectivity index (χ3v) is 5.65. The van der Waals surface area contributed by atoms with Crippen LogP contribution in [0.3, 0.4) is 0 Å². The first-order valence-corrected chi connectivity index (χ1v) is 9.29. The van der Waals surface area contributed by atoms with E-state index in [-0.39, 0.29) is 30.1 Å². The number of benzene rings is 1. The molecule has 0 radical (unpaired) electrons. The summed E-state index contributed by atoms with van der Waals surface area (Å²) in [4.78, 5) is 26.7. The number of carbonyl (C=O) groups excluding carboxylic acids is 2. The minimum Gasteiger partial charge on any atom is -0.348 e. The van der Waals surface area contributed by atoms with Crippen molar-refractivity contribution in [1.82, 2.24) is 20.0 Å². The maximum Gasteiger partial charge on any atom is 0.244 e. The molecule has 1 aromatic carbocycles. The van der Waals surface area contributed by atoms with Crippen LogP contribution < -0.4 is 5.32 Å². The molecule has 0 bridgehead atoms. The summed E-state index contributed by atoms with van der Waals surface area (Å²) >= 11 is 0. The minimum atomic E-state index is -0.604. The van der Waals surface area contributed by atoms with E-state index >= 15 is 0 Å². The maximum absolute atomic E-state index is 14.5. The smallest absolute Gasteiger partial charge is 0.244 e. The van der Waals surface area contributed by atoms with Gasteiger partial charge in [-0.1, -0.05) is 18.2 Å². The van der Waals surface area contributed by atoms with Crippen molar-refractivity contribution in [2.24, 2.45) is 0 Å². The summed E-state index contributed by atoms with van der Waals surface area (Å²) in [5.74, 6) is -0.652. The fourth-order valence-corrected chi connectivity index (χ4v) is 4.39. The van der Waals surface area contributed by atoms with Gasteiger partial charge < -0.3 is 10.2 Å². The van der Waals surface area contributed by atoms with Crippen molar-refractivity contribution < 1.29 is 14.0 Å². The Morgan fingerprint density at radius 3 is 2.93 bits per heavy atom. The fraction of sp³-hybridized carbons (Fsp3) is 0.450. The van der Waals surface area contributed by atoms with Gasteiger partial charge in [-0.15, -0.1) is 0 Å². The quantitative estimate of drug-likeness (QED) is 0.899. The summed E-state index contributed by atoms with van der Waals surface area (Å²) in [6.45, 7) is 2.85. The van der Waals surface area contributed by atoms with Crippen LogP contribution in [0.5, 0.6) is 0 Å². The first-order chi connectivity index (χ1) is 13.0. The van der Waals surface area contributed by atoms with E-state index in [2.05, 4.69) is 10.4 Å². The predicted octanol–water partition coefficient (Wildman–Crippen LogP) is 2.00. The highest BCUT2D eigenvalue weighted by Gasteiger charge is 2.51. The second kappa shape index (κ2) is 6.79. The van der Waals surface area contributed by atoms with Crippen LogP contribution in [0.25, 0.3) is 0 Å². The van der Waals surface area contributed by atoms with Crippen molar-refractivity contribution >= 4 is 11.8 Å². The summed E-state index contributed by atoms with van der Waals surface area (Å²) in [5, 5.41) is 7.27. The lowest BCUT2D eigenvalue weighted by atomic mass is 9.76. The summed E-state index contributed by atoms with van der Waals surface area (Å²) in [7, 11) is 0. The monoisotopic (exact) mass is 370 g/mol. The van der Waals surface area contributed by atoms with Gasteiger partial charge in [0.05, 0.1) is 11.7 Å². The summed E-state index contributed by atoms with van der Waals surface area (Å²) in [6.07, 6.45) is 5.49. The largest absolute Gasteiger partial charge is 0.348 e. The highest BCUT2D eigenvalue weighted by atomic mass is 19.1. The van der Waals surface area contributed by atoms with Crippen LogP contribution in [0.4, 0.5) is 4.39 Å². The Bertz CT molecular complexity index is 880. The van der Waals surface area contributed by atoms with Crippen molar-refractivity contribution in [3.8, 4) is 0 Å². The third-order valence-electron chi connectivity index (χ3n) is 5.65. The Kier molecular flexibility index (Phi) is 4.45. The van der Waals surface area contributed by atoms with Gasteiger partial charge in [-0.05, 0) is 37.0 Å². The topological polar surface area (TPSA) is 67.2 Å². The van der Waals surface area contributed by atoms with Crippen molar-refractivity contribution in [2.45, 2.75) is 44.2 Å². The molecule has 0 aliphatic carbocycles. The molecule has 4 rings (SSSR count). The number of carbonyl (C=O) groups is 2. The van der Waals surface area contributed by atoms with E-state index in [0.29, 0.717) is 25.1 Å². The zero-order valence-corrected chi connectivity index (χ0v) is 15.3. The molecule has 1 spiro atoms. The average molecular weight is 370 g/mol. The van der Waals surface area contributed by atoms with E-state index in [1.165, 1.54) is 6.07 Å². The molecule has 6 nitrogen and oxygen atoms in total. The molecule has 27 heavy (non-hydrogen) atoms. The number of halogens is 1. The number of amides is 2. The molecule has 1 aromatic heterocycles. The van der Waals surface area contributed by atoms with Gasteiger partial charge in [-0.25, -0.2) is 4.39 Å². The van der Waals surface area contributed by atoms with Gasteiger partial charge in [-0.2, -0.15) is 5.10 Å². The molecule has 2 saturated heterocycles. The van der Waals surface area contributed by atoms with Gasteiger partial charge in [0, 0.05) is 31.6 Å². The molecule has 2 fully saturated rings. The molecule has 2 atom stereocenters. The van der Waals surface area contributed by atoms with Crippen LogP contribution in [-0.2, 0) is 16.1 Å². The molecule has 142 valence electrons. The number of aromatic nitrogens is 2. The number of rotatable bonds is 3. The highest BCUT2D eigenvalue weighted by molar-refractivity contribution is 5.80. The molecular formula is C20H23FN4O2. The molecule has 1 N–H and O–H groups in total. The van der Waals surface area contributed by atoms with Crippen LogP contribution in [0.1, 0.15) is 36.3 Å². The van der Waals surface area contributed by atoms with E-state index in [1.807, 2.05) is 13.1 Å². The number of hydrogen-bond donors (Lipinski definition) is 1. The summed E-state index contributed by atoms with van der Waals surface area (Å²) in [5.41, 5.74) is 0.946. The zero-order chi connectivity index (χ0) is 19.0. The van der Waals surface area contributed by atoms with Crippen LogP contribution in [-0.4, -0.2) is 45.1 Å². The fourth-order valence-electron chi connectivity index (χ4n) is 4.39. The van der Waals surface area contributed by atoms with Crippen molar-refractivity contribution in [3.63, 3.8) is 0 Å². The van der Waals surface area contributed by atoms with E-state index in [9.17, 15) is 14.0 Å². The number of hydrogen-bond acceptors (Lipinski definition) is 3. The SMILES string of the molecule is Cc1cnn(CC(=O)N2C[C@@H](c3ccccc3F)[C@@]3(CCCC(=O)N3)C2)c1. The predicted molar refractivity (Wildman–Crippen MR) is 97.4 cm³/mol. The number of piperidine rings is 1. The molecule has 0 unspecified atom stereocenters. The van der Waals surface area contributed by atoms with Gasteiger partial charge in [0.25, 0.3) is 0 Å². The van der Waals surface area contributed by atoms with Crippen LogP contribution in [0, 0.1) is 12.7 Å².